The van der Waals surface area contributed by atoms with Crippen LogP contribution in [0.25, 0.3) is 0 Å². The van der Waals surface area contributed by atoms with Crippen molar-refractivity contribution in [3.8, 4) is 0 Å². The summed E-state index contributed by atoms with van der Waals surface area (Å²) < 4.78 is 12.1. The molecule has 0 aliphatic heterocycles. The maximum Gasteiger partial charge on any atom is 0.433 e. The molecule has 4 nitrogen and oxygen atoms in total. The number of rotatable bonds is 3. The summed E-state index contributed by atoms with van der Waals surface area (Å²) in [5.41, 5.74) is 0.221. The van der Waals surface area contributed by atoms with Crippen LogP contribution in [0.4, 0.5) is 9.18 Å². The second-order valence-corrected chi connectivity index (χ2v) is 2.50. The topological polar surface area (TPSA) is 50.7 Å². The minimum atomic E-state index is -0.700. The van der Waals surface area contributed by atoms with E-state index in [1.807, 2.05) is 0 Å². The van der Waals surface area contributed by atoms with Crippen LogP contribution in [0.1, 0.15) is 13.8 Å². The maximum atomic E-state index is 12.1. The molecule has 0 radical (unpaired) electrons. The third-order valence-corrected chi connectivity index (χ3v) is 1.25. The maximum absolute atomic E-state index is 12.1. The van der Waals surface area contributed by atoms with Crippen LogP contribution in [-0.2, 0) is 4.84 Å². The third kappa shape index (κ3) is 3.90. The normalized spacial score (nSPS) is 11.6. The second-order valence-electron chi connectivity index (χ2n) is 2.50. The van der Waals surface area contributed by atoms with Crippen molar-refractivity contribution >= 4 is 11.8 Å². The van der Waals surface area contributed by atoms with E-state index in [1.165, 1.54) is 7.05 Å². The van der Waals surface area contributed by atoms with Gasteiger partial charge in [-0.05, 0) is 5.92 Å². The average Bonchev–Trinajstić information content (AvgIpc) is 2.04. The molecule has 0 atom stereocenters. The number of carbonyl (C=O) groups excluding carboxylic acids is 1. The lowest BCUT2D eigenvalue weighted by atomic mass is 10.1. The van der Waals surface area contributed by atoms with Gasteiger partial charge >= 0.3 is 6.09 Å². The second kappa shape index (κ2) is 5.51. The van der Waals surface area contributed by atoms with Crippen molar-refractivity contribution in [3.05, 3.63) is 0 Å². The fraction of sp³-hybridized carbons (Fsp3) is 0.714. The number of alkyl halides is 1. The zero-order valence-electron chi connectivity index (χ0n) is 7.43. The van der Waals surface area contributed by atoms with E-state index < -0.39 is 12.8 Å². The first kappa shape index (κ1) is 10.9. The number of hydrogen-bond acceptors (Lipinski definition) is 3. The summed E-state index contributed by atoms with van der Waals surface area (Å²) in [4.78, 5) is 14.8. The van der Waals surface area contributed by atoms with Crippen molar-refractivity contribution in [3.63, 3.8) is 0 Å². The summed E-state index contributed by atoms with van der Waals surface area (Å²) in [6.45, 7) is 2.84. The zero-order valence-corrected chi connectivity index (χ0v) is 7.43. The highest BCUT2D eigenvalue weighted by molar-refractivity contribution is 5.87. The first-order valence-corrected chi connectivity index (χ1v) is 3.63. The number of halogens is 1. The number of oxime groups is 1. The molecule has 0 bridgehead atoms. The molecular formula is C7H13FN2O2. The van der Waals surface area contributed by atoms with Gasteiger partial charge in [0, 0.05) is 7.05 Å². The highest BCUT2D eigenvalue weighted by Crippen LogP contribution is 1.98. The Kier molecular flexibility index (Phi) is 4.99. The number of nitrogens with zero attached hydrogens (tertiary/aromatic N) is 1. The summed E-state index contributed by atoms with van der Waals surface area (Å²) in [7, 11) is 1.41. The van der Waals surface area contributed by atoms with Crippen LogP contribution < -0.4 is 5.32 Å². The average molecular weight is 176 g/mol. The summed E-state index contributed by atoms with van der Waals surface area (Å²) in [5.74, 6) is -0.0559. The Balaban J connectivity index is 4.03. The van der Waals surface area contributed by atoms with Crippen LogP contribution in [0.5, 0.6) is 0 Å². The molecule has 0 saturated carbocycles. The van der Waals surface area contributed by atoms with Gasteiger partial charge in [0.1, 0.15) is 6.67 Å². The van der Waals surface area contributed by atoms with E-state index in [4.69, 9.17) is 0 Å². The molecule has 0 aliphatic carbocycles. The van der Waals surface area contributed by atoms with Crippen LogP contribution in [0.3, 0.4) is 0 Å². The van der Waals surface area contributed by atoms with E-state index in [0.717, 1.165) is 0 Å². The fourth-order valence-corrected chi connectivity index (χ4v) is 0.430. The van der Waals surface area contributed by atoms with E-state index >= 15 is 0 Å². The number of amides is 1. The minimum absolute atomic E-state index is 0.0559. The number of carbonyl (C=O) groups is 1. The van der Waals surface area contributed by atoms with Gasteiger partial charge in [0.25, 0.3) is 0 Å². The lowest BCUT2D eigenvalue weighted by molar-refractivity contribution is 0.152. The van der Waals surface area contributed by atoms with Gasteiger partial charge < -0.3 is 5.32 Å². The van der Waals surface area contributed by atoms with E-state index in [2.05, 4.69) is 15.3 Å². The van der Waals surface area contributed by atoms with E-state index in [1.54, 1.807) is 13.8 Å². The molecule has 5 heteroatoms. The summed E-state index contributed by atoms with van der Waals surface area (Å²) in [5, 5.41) is 5.53. The predicted molar refractivity (Wildman–Crippen MR) is 43.8 cm³/mol. The molecule has 0 aliphatic rings. The highest BCUT2D eigenvalue weighted by atomic mass is 19.1. The molecule has 0 spiro atoms. The van der Waals surface area contributed by atoms with Gasteiger partial charge in [0.05, 0.1) is 5.71 Å². The molecule has 0 aromatic heterocycles. The van der Waals surface area contributed by atoms with E-state index in [9.17, 15) is 9.18 Å². The molecule has 0 aromatic rings. The van der Waals surface area contributed by atoms with Gasteiger partial charge in [0.2, 0.25) is 0 Å². The summed E-state index contributed by atoms with van der Waals surface area (Å²) in [6, 6.07) is 0. The molecule has 70 valence electrons. The molecule has 1 amide bonds. The van der Waals surface area contributed by atoms with E-state index in [0.29, 0.717) is 0 Å². The summed E-state index contributed by atoms with van der Waals surface area (Å²) >= 11 is 0. The molecule has 0 unspecified atom stereocenters. The van der Waals surface area contributed by atoms with Gasteiger partial charge in [-0.25, -0.2) is 9.18 Å². The predicted octanol–water partition coefficient (Wildman–Crippen LogP) is 1.32. The highest BCUT2D eigenvalue weighted by Gasteiger charge is 2.06. The first-order valence-electron chi connectivity index (χ1n) is 3.63. The quantitative estimate of drug-likeness (QED) is 0.400. The Labute approximate surface area is 70.8 Å². The fourth-order valence-electron chi connectivity index (χ4n) is 0.430. The zero-order chi connectivity index (χ0) is 9.56. The van der Waals surface area contributed by atoms with Crippen molar-refractivity contribution in [2.24, 2.45) is 11.1 Å². The van der Waals surface area contributed by atoms with Gasteiger partial charge in [-0.1, -0.05) is 19.0 Å². The lowest BCUT2D eigenvalue weighted by Gasteiger charge is -2.03. The molecule has 0 rings (SSSR count). The molecule has 0 fully saturated rings. The molecule has 12 heavy (non-hydrogen) atoms. The Morgan fingerprint density at radius 3 is 2.58 bits per heavy atom. The molecular weight excluding hydrogens is 163 g/mol. The van der Waals surface area contributed by atoms with Crippen molar-refractivity contribution in [2.45, 2.75) is 13.8 Å². The van der Waals surface area contributed by atoms with Crippen LogP contribution in [0.2, 0.25) is 0 Å². The third-order valence-electron chi connectivity index (χ3n) is 1.25. The van der Waals surface area contributed by atoms with Crippen LogP contribution in [0, 0.1) is 5.92 Å². The van der Waals surface area contributed by atoms with Crippen LogP contribution in [-0.4, -0.2) is 25.5 Å². The van der Waals surface area contributed by atoms with Gasteiger partial charge in [-0.3, -0.25) is 4.84 Å². The molecule has 0 heterocycles. The van der Waals surface area contributed by atoms with Crippen LogP contribution >= 0.6 is 0 Å². The van der Waals surface area contributed by atoms with Crippen molar-refractivity contribution in [1.82, 2.24) is 5.32 Å². The Morgan fingerprint density at radius 1 is 1.67 bits per heavy atom. The standard InChI is InChI=1S/C7H13FN2O2/c1-5(2)6(4-8)10-12-7(11)9-3/h5H,4H2,1-3H3,(H,9,11). The largest absolute Gasteiger partial charge is 0.433 e. The van der Waals surface area contributed by atoms with Crippen LogP contribution in [0.15, 0.2) is 5.16 Å². The first-order chi connectivity index (χ1) is 5.61. The smallest absolute Gasteiger partial charge is 0.323 e. The van der Waals surface area contributed by atoms with Crippen molar-refractivity contribution < 1.29 is 14.0 Å². The van der Waals surface area contributed by atoms with Crippen molar-refractivity contribution in [2.75, 3.05) is 13.7 Å². The minimum Gasteiger partial charge on any atom is -0.323 e. The molecule has 0 aromatic carbocycles. The van der Waals surface area contributed by atoms with Gasteiger partial charge in [-0.15, -0.1) is 0 Å². The Hall–Kier alpha value is -1.13. The Bertz CT molecular complexity index is 180. The monoisotopic (exact) mass is 176 g/mol. The van der Waals surface area contributed by atoms with Gasteiger partial charge in [0.15, 0.2) is 0 Å². The number of nitrogens with one attached hydrogen (secondary N) is 1. The summed E-state index contributed by atoms with van der Waals surface area (Å²) in [6.07, 6.45) is -0.693. The van der Waals surface area contributed by atoms with Gasteiger partial charge in [-0.2, -0.15) is 0 Å². The number of hydrogen-bond donors (Lipinski definition) is 1. The van der Waals surface area contributed by atoms with Crippen molar-refractivity contribution in [1.29, 1.82) is 0 Å². The molecule has 1 N–H and O–H groups in total. The Morgan fingerprint density at radius 2 is 2.25 bits per heavy atom. The van der Waals surface area contributed by atoms with E-state index in [-0.39, 0.29) is 11.6 Å². The SMILES string of the molecule is CNC(=O)ON=C(CF)C(C)C. The lowest BCUT2D eigenvalue weighted by Crippen LogP contribution is -2.19. The molecule has 0 saturated heterocycles.